The average molecular weight is 193 g/mol. The molecule has 0 aromatic carbocycles. The van der Waals surface area contributed by atoms with Crippen LogP contribution in [0.15, 0.2) is 18.2 Å². The molecular formula is C14H25. The van der Waals surface area contributed by atoms with Crippen molar-refractivity contribution >= 4 is 0 Å². The number of hydrogen-bond donors (Lipinski definition) is 0. The Kier molecular flexibility index (Phi) is 12.0. The fourth-order valence-electron chi connectivity index (χ4n) is 1.57. The summed E-state index contributed by atoms with van der Waals surface area (Å²) in [6, 6.07) is 0. The molecule has 0 aromatic heterocycles. The lowest BCUT2D eigenvalue weighted by Crippen LogP contribution is -1.79. The highest BCUT2D eigenvalue weighted by Crippen LogP contribution is 2.09. The van der Waals surface area contributed by atoms with Crippen LogP contribution in [0.3, 0.4) is 0 Å². The van der Waals surface area contributed by atoms with E-state index in [-0.39, 0.29) is 0 Å². The van der Waals surface area contributed by atoms with Gasteiger partial charge in [0.1, 0.15) is 0 Å². The quantitative estimate of drug-likeness (QED) is 0.336. The van der Waals surface area contributed by atoms with Crippen molar-refractivity contribution in [3.05, 3.63) is 24.8 Å². The maximum atomic E-state index is 5.23. The van der Waals surface area contributed by atoms with Crippen LogP contribution >= 0.6 is 0 Å². The molecule has 0 saturated heterocycles. The Morgan fingerprint density at radius 3 is 2.00 bits per heavy atom. The Bertz CT molecular complexity index is 133. The molecule has 1 radical (unpaired) electrons. The Labute approximate surface area is 90.1 Å². The Hall–Kier alpha value is -0.520. The summed E-state index contributed by atoms with van der Waals surface area (Å²) >= 11 is 0. The van der Waals surface area contributed by atoms with Gasteiger partial charge in [-0.2, -0.15) is 0 Å². The van der Waals surface area contributed by atoms with Crippen molar-refractivity contribution in [3.8, 4) is 0 Å². The molecule has 0 rings (SSSR count). The van der Waals surface area contributed by atoms with E-state index in [0.717, 1.165) is 0 Å². The predicted molar refractivity (Wildman–Crippen MR) is 65.2 cm³/mol. The summed E-state index contributed by atoms with van der Waals surface area (Å²) in [5, 5.41) is 0. The first-order valence-electron chi connectivity index (χ1n) is 6.12. The number of rotatable bonds is 10. The molecule has 0 heteroatoms. The minimum absolute atomic E-state index is 1.18. The van der Waals surface area contributed by atoms with Gasteiger partial charge in [0.2, 0.25) is 0 Å². The van der Waals surface area contributed by atoms with Crippen LogP contribution in [0.1, 0.15) is 64.7 Å². The molecule has 0 aliphatic carbocycles. The molecule has 0 atom stereocenters. The highest BCUT2D eigenvalue weighted by atomic mass is 14.0. The molecule has 0 nitrogen and oxygen atoms in total. The monoisotopic (exact) mass is 193 g/mol. The normalized spacial score (nSPS) is 10.9. The van der Waals surface area contributed by atoms with Crippen molar-refractivity contribution in [1.82, 2.24) is 0 Å². The molecule has 0 amide bonds. The van der Waals surface area contributed by atoms with Gasteiger partial charge in [0, 0.05) is 0 Å². The van der Waals surface area contributed by atoms with Gasteiger partial charge in [0.15, 0.2) is 0 Å². The third kappa shape index (κ3) is 11.5. The number of hydrogen-bond acceptors (Lipinski definition) is 0. The van der Waals surface area contributed by atoms with E-state index < -0.39 is 0 Å². The molecule has 0 aromatic rings. The average Bonchev–Trinajstić information content (AvgIpc) is 2.21. The molecule has 0 bridgehead atoms. The lowest BCUT2D eigenvalue weighted by molar-refractivity contribution is 0.577. The molecular weight excluding hydrogens is 168 g/mol. The first-order valence-corrected chi connectivity index (χ1v) is 6.12. The van der Waals surface area contributed by atoms with Crippen LogP contribution in [0.25, 0.3) is 0 Å². The van der Waals surface area contributed by atoms with Crippen LogP contribution in [-0.2, 0) is 0 Å². The second-order valence-corrected chi connectivity index (χ2v) is 3.88. The molecule has 0 heterocycles. The van der Waals surface area contributed by atoms with Crippen LogP contribution in [0.5, 0.6) is 0 Å². The van der Waals surface area contributed by atoms with E-state index in [4.69, 9.17) is 6.58 Å². The molecule has 0 saturated carbocycles. The lowest BCUT2D eigenvalue weighted by Gasteiger charge is -1.99. The number of allylic oxidation sites excluding steroid dienone is 3. The number of unbranched alkanes of at least 4 members (excludes halogenated alkanes) is 8. The molecule has 0 aliphatic heterocycles. The first kappa shape index (κ1) is 13.5. The second-order valence-electron chi connectivity index (χ2n) is 3.88. The lowest BCUT2D eigenvalue weighted by atomic mass is 10.1. The van der Waals surface area contributed by atoms with Crippen molar-refractivity contribution in [3.63, 3.8) is 0 Å². The fourth-order valence-corrected chi connectivity index (χ4v) is 1.57. The zero-order valence-electron chi connectivity index (χ0n) is 9.67. The van der Waals surface area contributed by atoms with Gasteiger partial charge >= 0.3 is 0 Å². The summed E-state index contributed by atoms with van der Waals surface area (Å²) in [5.41, 5.74) is 0. The van der Waals surface area contributed by atoms with Crippen molar-refractivity contribution in [2.24, 2.45) is 0 Å². The molecule has 0 aliphatic rings. The van der Waals surface area contributed by atoms with Crippen molar-refractivity contribution < 1.29 is 0 Å². The Morgan fingerprint density at radius 1 is 0.857 bits per heavy atom. The van der Waals surface area contributed by atoms with Crippen LogP contribution in [0.4, 0.5) is 0 Å². The Balaban J connectivity index is 2.91. The summed E-state index contributed by atoms with van der Waals surface area (Å²) in [6.07, 6.45) is 18.0. The molecule has 0 fully saturated rings. The SMILES string of the molecule is [CH]=CC=CCCCCCCCCCC. The summed E-state index contributed by atoms with van der Waals surface area (Å²) in [5.74, 6) is 0. The third-order valence-electron chi connectivity index (χ3n) is 2.47. The van der Waals surface area contributed by atoms with E-state index in [2.05, 4.69) is 13.0 Å². The van der Waals surface area contributed by atoms with E-state index in [0.29, 0.717) is 0 Å². The zero-order chi connectivity index (χ0) is 10.5. The van der Waals surface area contributed by atoms with Gasteiger partial charge in [0.05, 0.1) is 0 Å². The van der Waals surface area contributed by atoms with Crippen molar-refractivity contribution in [2.45, 2.75) is 64.7 Å². The zero-order valence-corrected chi connectivity index (χ0v) is 9.67. The van der Waals surface area contributed by atoms with Gasteiger partial charge in [0.25, 0.3) is 0 Å². The van der Waals surface area contributed by atoms with E-state index in [1.807, 2.05) is 6.08 Å². The third-order valence-corrected chi connectivity index (χ3v) is 2.47. The fraction of sp³-hybridized carbons (Fsp3) is 0.714. The van der Waals surface area contributed by atoms with Gasteiger partial charge in [-0.05, 0) is 12.8 Å². The summed E-state index contributed by atoms with van der Waals surface area (Å²) in [4.78, 5) is 0. The topological polar surface area (TPSA) is 0 Å². The van der Waals surface area contributed by atoms with Crippen molar-refractivity contribution in [2.75, 3.05) is 0 Å². The molecule has 0 N–H and O–H groups in total. The minimum atomic E-state index is 1.18. The van der Waals surface area contributed by atoms with Gasteiger partial charge < -0.3 is 0 Å². The van der Waals surface area contributed by atoms with E-state index in [1.54, 1.807) is 6.08 Å². The Morgan fingerprint density at radius 2 is 1.43 bits per heavy atom. The standard InChI is InChI=1S/C14H25/c1-3-5-7-9-11-13-14-12-10-8-6-4-2/h1,3,5,7H,4,6,8-14H2,2H3. The first-order chi connectivity index (χ1) is 6.91. The maximum Gasteiger partial charge on any atom is -0.0348 e. The van der Waals surface area contributed by atoms with E-state index >= 15 is 0 Å². The van der Waals surface area contributed by atoms with Crippen LogP contribution in [0.2, 0.25) is 0 Å². The van der Waals surface area contributed by atoms with E-state index in [9.17, 15) is 0 Å². The highest BCUT2D eigenvalue weighted by Gasteiger charge is 1.89. The summed E-state index contributed by atoms with van der Waals surface area (Å²) < 4.78 is 0. The van der Waals surface area contributed by atoms with Crippen LogP contribution in [0, 0.1) is 6.58 Å². The van der Waals surface area contributed by atoms with Crippen LogP contribution in [-0.4, -0.2) is 0 Å². The molecule has 81 valence electrons. The van der Waals surface area contributed by atoms with Gasteiger partial charge in [-0.1, -0.05) is 76.7 Å². The van der Waals surface area contributed by atoms with Gasteiger partial charge in [-0.25, -0.2) is 0 Å². The highest BCUT2D eigenvalue weighted by molar-refractivity contribution is 4.95. The van der Waals surface area contributed by atoms with Crippen molar-refractivity contribution in [1.29, 1.82) is 0 Å². The minimum Gasteiger partial charge on any atom is -0.0845 e. The van der Waals surface area contributed by atoms with Gasteiger partial charge in [-0.15, -0.1) is 0 Å². The van der Waals surface area contributed by atoms with Crippen LogP contribution < -0.4 is 0 Å². The van der Waals surface area contributed by atoms with E-state index in [1.165, 1.54) is 57.8 Å². The smallest absolute Gasteiger partial charge is 0.0348 e. The largest absolute Gasteiger partial charge is 0.0845 e. The second kappa shape index (κ2) is 12.5. The summed E-state index contributed by atoms with van der Waals surface area (Å²) in [7, 11) is 0. The summed E-state index contributed by atoms with van der Waals surface area (Å²) in [6.45, 7) is 7.49. The molecule has 14 heavy (non-hydrogen) atoms. The van der Waals surface area contributed by atoms with Gasteiger partial charge in [-0.3, -0.25) is 0 Å². The predicted octanol–water partition coefficient (Wildman–Crippen LogP) is 5.06. The maximum absolute atomic E-state index is 5.23. The molecule has 0 spiro atoms. The molecule has 0 unspecified atom stereocenters.